The molecule has 0 bridgehead atoms. The van der Waals surface area contributed by atoms with Crippen molar-refractivity contribution in [3.63, 3.8) is 0 Å². The van der Waals surface area contributed by atoms with Crippen molar-refractivity contribution in [3.8, 4) is 5.75 Å². The molecule has 1 saturated carbocycles. The van der Waals surface area contributed by atoms with Crippen molar-refractivity contribution in [1.29, 1.82) is 0 Å². The van der Waals surface area contributed by atoms with Gasteiger partial charge in [-0.3, -0.25) is 14.4 Å². The number of hydrogen-bond donors (Lipinski definition) is 4. The van der Waals surface area contributed by atoms with Gasteiger partial charge in [0.15, 0.2) is 11.6 Å². The Morgan fingerprint density at radius 2 is 1.77 bits per heavy atom. The Kier molecular flexibility index (Phi) is 5.89. The largest absolute Gasteiger partial charge is 0.511 e. The fourth-order valence-electron chi connectivity index (χ4n) is 5.21. The Morgan fingerprint density at radius 1 is 1.11 bits per heavy atom. The average molecular weight is 519 g/mol. The van der Waals surface area contributed by atoms with Crippen molar-refractivity contribution < 1.29 is 51.7 Å². The number of carbonyl (C=O) groups excluding carboxylic acids is 3. The van der Waals surface area contributed by atoms with Gasteiger partial charge in [-0.1, -0.05) is 23.9 Å². The first-order valence-electron chi connectivity index (χ1n) is 10.3. The van der Waals surface area contributed by atoms with E-state index in [1.54, 1.807) is 0 Å². The summed E-state index contributed by atoms with van der Waals surface area (Å²) in [5.41, 5.74) is 3.78. The van der Waals surface area contributed by atoms with E-state index in [0.717, 1.165) is 6.07 Å². The topological polar surface area (TPSA) is 138 Å². The van der Waals surface area contributed by atoms with Gasteiger partial charge in [-0.25, -0.2) is 0 Å². The number of ketones is 2. The van der Waals surface area contributed by atoms with E-state index >= 15 is 0 Å². The zero-order valence-electron chi connectivity index (χ0n) is 17.6. The highest BCUT2D eigenvalue weighted by Gasteiger charge is 2.59. The molecule has 13 heteroatoms. The average Bonchev–Trinajstić information content (AvgIpc) is 2.71. The molecule has 3 aliphatic rings. The molecule has 0 radical (unpaired) electrons. The molecule has 3 aliphatic carbocycles. The number of rotatable bonds is 4. The second kappa shape index (κ2) is 8.25. The minimum absolute atomic E-state index is 0.0627. The number of allylic oxidation sites excluding steroid dienone is 2. The summed E-state index contributed by atoms with van der Waals surface area (Å²) in [5, 5.41) is 26.6. The molecule has 1 amide bonds. The Morgan fingerprint density at radius 3 is 2.37 bits per heavy atom. The molecule has 0 aromatic heterocycles. The number of phenolic OH excluding ortho intramolecular Hbond substituents is 1. The van der Waals surface area contributed by atoms with Gasteiger partial charge in [0.1, 0.15) is 22.8 Å². The Bertz CT molecular complexity index is 1210. The number of aliphatic hydroxyl groups is 2. The fourth-order valence-corrected chi connectivity index (χ4v) is 6.18. The number of thioether (sulfide) groups is 1. The summed E-state index contributed by atoms with van der Waals surface area (Å²) in [4.78, 5) is 37.4. The van der Waals surface area contributed by atoms with E-state index in [1.165, 1.54) is 12.1 Å². The van der Waals surface area contributed by atoms with E-state index in [4.69, 9.17) is 5.73 Å². The number of hydrogen-bond acceptors (Lipinski definition) is 7. The molecular weight excluding hydrogens is 501 g/mol. The lowest BCUT2D eigenvalue weighted by Crippen LogP contribution is -2.46. The minimum atomic E-state index is -5.83. The minimum Gasteiger partial charge on any atom is -0.511 e. The van der Waals surface area contributed by atoms with Gasteiger partial charge in [0.2, 0.25) is 0 Å². The van der Waals surface area contributed by atoms with Gasteiger partial charge < -0.3 is 21.1 Å². The number of fused-ring (bicyclic) bond motifs is 3. The van der Waals surface area contributed by atoms with Crippen LogP contribution >= 0.6 is 11.8 Å². The van der Waals surface area contributed by atoms with Gasteiger partial charge in [0, 0.05) is 23.7 Å². The summed E-state index contributed by atoms with van der Waals surface area (Å²) >= 11 is -0.688. The van der Waals surface area contributed by atoms with Crippen LogP contribution in [0.3, 0.4) is 0 Å². The molecule has 4 atom stereocenters. The molecule has 7 nitrogen and oxygen atoms in total. The van der Waals surface area contributed by atoms with Crippen LogP contribution in [0.2, 0.25) is 0 Å². The highest BCUT2D eigenvalue weighted by atomic mass is 32.2. The van der Waals surface area contributed by atoms with Crippen molar-refractivity contribution in [1.82, 2.24) is 0 Å². The third-order valence-corrected chi connectivity index (χ3v) is 7.82. The van der Waals surface area contributed by atoms with Crippen LogP contribution in [-0.2, 0) is 14.4 Å². The quantitative estimate of drug-likeness (QED) is 0.351. The summed E-state index contributed by atoms with van der Waals surface area (Å²) < 4.78 is 65.9. The van der Waals surface area contributed by atoms with Gasteiger partial charge in [-0.05, 0) is 29.9 Å². The van der Waals surface area contributed by atoms with Gasteiger partial charge in [0.05, 0.1) is 11.5 Å². The molecule has 0 spiro atoms. The Labute approximate surface area is 198 Å². The number of aromatic hydroxyl groups is 1. The molecule has 1 aromatic carbocycles. The van der Waals surface area contributed by atoms with E-state index in [9.17, 15) is 51.7 Å². The molecule has 35 heavy (non-hydrogen) atoms. The summed E-state index contributed by atoms with van der Waals surface area (Å²) in [6, 6.07) is 3.80. The maximum atomic E-state index is 13.7. The van der Waals surface area contributed by atoms with Crippen molar-refractivity contribution in [2.75, 3.05) is 5.75 Å². The number of benzene rings is 1. The van der Waals surface area contributed by atoms with Gasteiger partial charge >= 0.3 is 11.4 Å². The number of alkyl halides is 5. The van der Waals surface area contributed by atoms with Crippen LogP contribution < -0.4 is 5.73 Å². The maximum Gasteiger partial charge on any atom is 0.464 e. The first-order chi connectivity index (χ1) is 16.2. The zero-order valence-corrected chi connectivity index (χ0v) is 18.4. The molecule has 1 aromatic rings. The second-order valence-corrected chi connectivity index (χ2v) is 9.77. The third kappa shape index (κ3) is 3.85. The van der Waals surface area contributed by atoms with Gasteiger partial charge in [-0.2, -0.15) is 22.0 Å². The Balaban J connectivity index is 1.83. The van der Waals surface area contributed by atoms with E-state index in [0.29, 0.717) is 0 Å². The lowest BCUT2D eigenvalue weighted by Gasteiger charge is -2.44. The molecule has 5 N–H and O–H groups in total. The van der Waals surface area contributed by atoms with E-state index in [1.807, 2.05) is 0 Å². The number of carbonyl (C=O) groups is 3. The SMILES string of the molecule is NC(=O)C1=C(O)C2C(=O)C3=C(O)c4c(O)cccc4[C@H](CSC(F)(F)C(F)(F)F)C3CC2CC1=O. The summed E-state index contributed by atoms with van der Waals surface area (Å²) in [7, 11) is 0. The summed E-state index contributed by atoms with van der Waals surface area (Å²) in [6.07, 6.45) is -6.37. The number of Topliss-reactive ketones (excluding diaryl/α,β-unsaturated/α-hetero) is 2. The molecule has 188 valence electrons. The normalized spacial score (nSPS) is 26.9. The van der Waals surface area contributed by atoms with Crippen molar-refractivity contribution in [2.45, 2.75) is 30.2 Å². The summed E-state index contributed by atoms with van der Waals surface area (Å²) in [6.45, 7) is 0. The maximum absolute atomic E-state index is 13.7. The molecule has 0 heterocycles. The van der Waals surface area contributed by atoms with Crippen LogP contribution in [0.15, 0.2) is 35.1 Å². The van der Waals surface area contributed by atoms with Crippen LogP contribution in [0.4, 0.5) is 22.0 Å². The van der Waals surface area contributed by atoms with Crippen molar-refractivity contribution >= 4 is 35.0 Å². The standard InChI is InChI=1S/C22H18F5NO6S/c23-21(24,25)22(26,27)35-6-10-8-2-1-3-11(29)14(8)19(33)15-9(10)4-7-5-12(30)16(20(28)34)18(32)13(7)17(15)31/h1-3,7,9-10,13,29,32-33H,4-6H2,(H2,28,34)/t7?,9?,10-,13?/m0/s1. The molecule has 0 aliphatic heterocycles. The molecular formula is C22H18F5NO6S. The lowest BCUT2D eigenvalue weighted by molar-refractivity contribution is -0.237. The first kappa shape index (κ1) is 25.0. The first-order valence-corrected chi connectivity index (χ1v) is 11.3. The number of halogens is 5. The molecule has 1 fully saturated rings. The number of amides is 1. The predicted octanol–water partition coefficient (Wildman–Crippen LogP) is 3.74. The molecule has 3 unspecified atom stereocenters. The monoisotopic (exact) mass is 519 g/mol. The van der Waals surface area contributed by atoms with E-state index in [-0.39, 0.29) is 23.1 Å². The van der Waals surface area contributed by atoms with Crippen LogP contribution in [0.25, 0.3) is 5.76 Å². The number of nitrogens with two attached hydrogens (primary N) is 1. The number of phenols is 1. The number of aliphatic hydroxyl groups excluding tert-OH is 2. The van der Waals surface area contributed by atoms with Crippen molar-refractivity contribution in [2.24, 2.45) is 23.5 Å². The van der Waals surface area contributed by atoms with Crippen LogP contribution in [0.1, 0.15) is 29.9 Å². The van der Waals surface area contributed by atoms with Crippen LogP contribution in [-0.4, -0.2) is 50.0 Å². The smallest absolute Gasteiger partial charge is 0.464 e. The van der Waals surface area contributed by atoms with Crippen LogP contribution in [0.5, 0.6) is 5.75 Å². The third-order valence-electron chi connectivity index (χ3n) is 6.70. The van der Waals surface area contributed by atoms with E-state index < -0.39 is 99.4 Å². The zero-order chi connectivity index (χ0) is 26.0. The number of primary amides is 1. The highest BCUT2D eigenvalue weighted by Crippen LogP contribution is 2.56. The highest BCUT2D eigenvalue weighted by molar-refractivity contribution is 8.00. The summed E-state index contributed by atoms with van der Waals surface area (Å²) in [5.74, 6) is -10.6. The Hall–Kier alpha value is -3.09. The van der Waals surface area contributed by atoms with Gasteiger partial charge in [0.25, 0.3) is 5.91 Å². The van der Waals surface area contributed by atoms with Crippen molar-refractivity contribution in [3.05, 3.63) is 46.2 Å². The second-order valence-electron chi connectivity index (χ2n) is 8.63. The lowest BCUT2D eigenvalue weighted by atomic mass is 9.59. The molecule has 0 saturated heterocycles. The van der Waals surface area contributed by atoms with E-state index in [2.05, 4.69) is 0 Å². The van der Waals surface area contributed by atoms with Crippen LogP contribution in [0, 0.1) is 17.8 Å². The molecule has 4 rings (SSSR count). The van der Waals surface area contributed by atoms with Gasteiger partial charge in [-0.15, -0.1) is 0 Å². The predicted molar refractivity (Wildman–Crippen MR) is 112 cm³/mol. The fraction of sp³-hybridized carbons (Fsp3) is 0.409.